The Morgan fingerprint density at radius 3 is 2.41 bits per heavy atom. The van der Waals surface area contributed by atoms with Gasteiger partial charge in [-0.25, -0.2) is 0 Å². The zero-order valence-electron chi connectivity index (χ0n) is 22.2. The van der Waals surface area contributed by atoms with Gasteiger partial charge in [0, 0.05) is 28.9 Å². The molecule has 41 heavy (non-hydrogen) atoms. The van der Waals surface area contributed by atoms with Crippen molar-refractivity contribution in [1.29, 1.82) is 0 Å². The van der Waals surface area contributed by atoms with Gasteiger partial charge in [0.1, 0.15) is 17.1 Å². The van der Waals surface area contributed by atoms with Crippen molar-refractivity contribution in [1.82, 2.24) is 5.32 Å². The second-order valence-corrected chi connectivity index (χ2v) is 10.0. The van der Waals surface area contributed by atoms with Crippen LogP contribution in [0, 0.1) is 0 Å². The van der Waals surface area contributed by atoms with Crippen LogP contribution in [-0.4, -0.2) is 30.1 Å². The monoisotopic (exact) mass is 568 g/mol. The highest BCUT2D eigenvalue weighted by molar-refractivity contribution is 6.31. The molecular weight excluding hydrogens is 540 g/mol. The summed E-state index contributed by atoms with van der Waals surface area (Å²) in [6.07, 6.45) is 2.24. The van der Waals surface area contributed by atoms with E-state index in [9.17, 15) is 14.7 Å². The summed E-state index contributed by atoms with van der Waals surface area (Å²) >= 11 is 6.06. The van der Waals surface area contributed by atoms with Crippen molar-refractivity contribution in [2.24, 2.45) is 0 Å². The molecule has 8 heteroatoms. The molecule has 2 amide bonds. The Labute approximate surface area is 242 Å². The predicted octanol–water partition coefficient (Wildman–Crippen LogP) is 7.03. The Morgan fingerprint density at radius 1 is 0.829 bits per heavy atom. The van der Waals surface area contributed by atoms with Crippen molar-refractivity contribution < 1.29 is 23.8 Å². The average molecular weight is 569 g/mol. The molecule has 0 aliphatic carbocycles. The summed E-state index contributed by atoms with van der Waals surface area (Å²) in [5.41, 5.74) is 3.56. The van der Waals surface area contributed by atoms with Gasteiger partial charge in [-0.05, 0) is 78.6 Å². The van der Waals surface area contributed by atoms with Crippen LogP contribution in [0.25, 0.3) is 11.0 Å². The van der Waals surface area contributed by atoms with Gasteiger partial charge in [0.25, 0.3) is 11.8 Å². The number of ether oxygens (including phenoxy) is 1. The van der Waals surface area contributed by atoms with Gasteiger partial charge in [0.05, 0.1) is 12.3 Å². The number of carbonyl (C=O) groups excluding carboxylic acids is 2. The fourth-order valence-corrected chi connectivity index (χ4v) is 4.56. The standard InChI is InChI=1S/C33H29ClN2O5/c34-26-11-15-29-25(19-26)21-31(41-29)33(39)36-28-14-10-24(32(38)35-17-4-7-22-5-2-1-3-6-22)20-30(28)40-18-16-23-8-12-27(37)13-9-23/h1-3,5-6,8-15,19-21,37H,4,7,16-18H2,(H,35,38)(H,36,39). The van der Waals surface area contributed by atoms with E-state index >= 15 is 0 Å². The SMILES string of the molecule is O=C(NCCCc1ccccc1)c1ccc(NC(=O)c2cc3cc(Cl)ccc3o2)c(OCCc2ccc(O)cc2)c1. The fraction of sp³-hybridized carbons (Fsp3) is 0.152. The molecule has 5 aromatic rings. The van der Waals surface area contributed by atoms with Gasteiger partial charge in [-0.2, -0.15) is 0 Å². The van der Waals surface area contributed by atoms with Crippen LogP contribution in [-0.2, 0) is 12.8 Å². The van der Waals surface area contributed by atoms with E-state index in [0.717, 1.165) is 18.4 Å². The number of benzene rings is 4. The molecule has 0 aliphatic rings. The third-order valence-electron chi connectivity index (χ3n) is 6.55. The van der Waals surface area contributed by atoms with Crippen LogP contribution in [0.1, 0.15) is 38.5 Å². The molecule has 7 nitrogen and oxygen atoms in total. The number of furan rings is 1. The van der Waals surface area contributed by atoms with Gasteiger partial charge in [-0.3, -0.25) is 9.59 Å². The van der Waals surface area contributed by atoms with Crippen LogP contribution in [0.2, 0.25) is 5.02 Å². The summed E-state index contributed by atoms with van der Waals surface area (Å²) in [6, 6.07) is 28.6. The molecule has 0 saturated carbocycles. The highest BCUT2D eigenvalue weighted by atomic mass is 35.5. The van der Waals surface area contributed by atoms with Gasteiger partial charge in [-0.15, -0.1) is 0 Å². The molecule has 0 spiro atoms. The molecule has 0 unspecified atom stereocenters. The highest BCUT2D eigenvalue weighted by Crippen LogP contribution is 2.29. The number of aryl methyl sites for hydroxylation is 1. The van der Waals surface area contributed by atoms with E-state index in [-0.39, 0.29) is 17.4 Å². The quantitative estimate of drug-likeness (QED) is 0.149. The second-order valence-electron chi connectivity index (χ2n) is 9.57. The lowest BCUT2D eigenvalue weighted by Crippen LogP contribution is -2.25. The molecule has 0 bridgehead atoms. The Morgan fingerprint density at radius 2 is 1.61 bits per heavy atom. The zero-order valence-corrected chi connectivity index (χ0v) is 23.0. The maximum absolute atomic E-state index is 13.1. The van der Waals surface area contributed by atoms with E-state index in [1.807, 2.05) is 30.3 Å². The van der Waals surface area contributed by atoms with E-state index in [0.29, 0.717) is 52.6 Å². The number of carbonyl (C=O) groups is 2. The first-order chi connectivity index (χ1) is 19.9. The Bertz CT molecular complexity index is 1650. The third-order valence-corrected chi connectivity index (χ3v) is 6.78. The van der Waals surface area contributed by atoms with Gasteiger partial charge >= 0.3 is 0 Å². The minimum atomic E-state index is -0.459. The van der Waals surface area contributed by atoms with Crippen LogP contribution in [0.4, 0.5) is 5.69 Å². The van der Waals surface area contributed by atoms with E-state index in [4.69, 9.17) is 20.8 Å². The maximum atomic E-state index is 13.1. The number of nitrogens with one attached hydrogen (secondary N) is 2. The van der Waals surface area contributed by atoms with Gasteiger partial charge in [0.2, 0.25) is 0 Å². The molecule has 5 rings (SSSR count). The van der Waals surface area contributed by atoms with Crippen LogP contribution in [0.3, 0.4) is 0 Å². The van der Waals surface area contributed by atoms with Crippen molar-refractivity contribution in [2.45, 2.75) is 19.3 Å². The van der Waals surface area contributed by atoms with Crippen LogP contribution in [0.5, 0.6) is 11.5 Å². The smallest absolute Gasteiger partial charge is 0.291 e. The topological polar surface area (TPSA) is 101 Å². The molecule has 0 atom stereocenters. The van der Waals surface area contributed by atoms with E-state index in [1.165, 1.54) is 5.56 Å². The Hall–Kier alpha value is -4.75. The summed E-state index contributed by atoms with van der Waals surface area (Å²) in [4.78, 5) is 26.0. The van der Waals surface area contributed by atoms with Crippen LogP contribution < -0.4 is 15.4 Å². The largest absolute Gasteiger partial charge is 0.508 e. The minimum absolute atomic E-state index is 0.123. The lowest BCUT2D eigenvalue weighted by molar-refractivity contribution is 0.0952. The van der Waals surface area contributed by atoms with Gasteiger partial charge in [0.15, 0.2) is 5.76 Å². The first-order valence-corrected chi connectivity index (χ1v) is 13.7. The Kier molecular flexibility index (Phi) is 8.86. The van der Waals surface area contributed by atoms with E-state index < -0.39 is 5.91 Å². The summed E-state index contributed by atoms with van der Waals surface area (Å²) in [5.74, 6) is -0.0203. The first-order valence-electron chi connectivity index (χ1n) is 13.3. The molecule has 0 saturated heterocycles. The van der Waals surface area contributed by atoms with Gasteiger partial charge in [-0.1, -0.05) is 54.1 Å². The Balaban J connectivity index is 1.28. The number of fused-ring (bicyclic) bond motifs is 1. The lowest BCUT2D eigenvalue weighted by atomic mass is 10.1. The first kappa shape index (κ1) is 27.8. The molecule has 208 valence electrons. The lowest BCUT2D eigenvalue weighted by Gasteiger charge is -2.14. The third kappa shape index (κ3) is 7.47. The minimum Gasteiger partial charge on any atom is -0.508 e. The highest BCUT2D eigenvalue weighted by Gasteiger charge is 2.17. The normalized spacial score (nSPS) is 10.9. The molecule has 0 fully saturated rings. The molecule has 0 radical (unpaired) electrons. The van der Waals surface area contributed by atoms with Crippen molar-refractivity contribution >= 4 is 40.1 Å². The van der Waals surface area contributed by atoms with Gasteiger partial charge < -0.3 is 24.9 Å². The molecule has 1 heterocycles. The number of amides is 2. The van der Waals surface area contributed by atoms with E-state index in [1.54, 1.807) is 54.6 Å². The second kappa shape index (κ2) is 13.1. The van der Waals surface area contributed by atoms with E-state index in [2.05, 4.69) is 22.8 Å². The predicted molar refractivity (Wildman–Crippen MR) is 160 cm³/mol. The zero-order chi connectivity index (χ0) is 28.6. The number of halogens is 1. The number of aromatic hydroxyl groups is 1. The van der Waals surface area contributed by atoms with Crippen molar-refractivity contribution in [3.05, 3.63) is 125 Å². The maximum Gasteiger partial charge on any atom is 0.291 e. The van der Waals surface area contributed by atoms with Crippen LogP contribution in [0.15, 0.2) is 101 Å². The fourth-order valence-electron chi connectivity index (χ4n) is 4.38. The summed E-state index contributed by atoms with van der Waals surface area (Å²) in [5, 5.41) is 16.6. The van der Waals surface area contributed by atoms with Crippen molar-refractivity contribution in [3.8, 4) is 11.5 Å². The molecular formula is C33H29ClN2O5. The number of phenols is 1. The van der Waals surface area contributed by atoms with Crippen LogP contribution >= 0.6 is 11.6 Å². The number of anilines is 1. The summed E-state index contributed by atoms with van der Waals surface area (Å²) < 4.78 is 11.8. The summed E-state index contributed by atoms with van der Waals surface area (Å²) in [6.45, 7) is 0.818. The number of hydrogen-bond donors (Lipinski definition) is 3. The average Bonchev–Trinajstić information content (AvgIpc) is 3.41. The number of rotatable bonds is 11. The number of phenolic OH excluding ortho intramolecular Hbond substituents is 1. The molecule has 1 aromatic heterocycles. The molecule has 3 N–H and O–H groups in total. The molecule has 0 aliphatic heterocycles. The summed E-state index contributed by atoms with van der Waals surface area (Å²) in [7, 11) is 0. The van der Waals surface area contributed by atoms with Crippen molar-refractivity contribution in [2.75, 3.05) is 18.5 Å². The number of hydrogen-bond acceptors (Lipinski definition) is 5. The van der Waals surface area contributed by atoms with Crippen molar-refractivity contribution in [3.63, 3.8) is 0 Å². The molecule has 4 aromatic carbocycles.